The van der Waals surface area contributed by atoms with Gasteiger partial charge in [-0.25, -0.2) is 0 Å². The second kappa shape index (κ2) is 16.8. The highest BCUT2D eigenvalue weighted by Gasteiger charge is 2.22. The highest BCUT2D eigenvalue weighted by Crippen LogP contribution is 2.44. The van der Waals surface area contributed by atoms with Crippen LogP contribution in [-0.2, 0) is 9.59 Å². The molecule has 0 aromatic heterocycles. The third-order valence-electron chi connectivity index (χ3n) is 9.28. The van der Waals surface area contributed by atoms with Crippen LogP contribution in [0.2, 0.25) is 0 Å². The molecule has 1 aliphatic rings. The number of carbonyl (C=O) groups excluding carboxylic acids is 2. The quantitative estimate of drug-likeness (QED) is 0.140. The van der Waals surface area contributed by atoms with Crippen molar-refractivity contribution in [3.05, 3.63) is 71.8 Å². The summed E-state index contributed by atoms with van der Waals surface area (Å²) in [6, 6.07) is 15.6. The molecule has 5 rings (SSSR count). The Balaban J connectivity index is 1.07. The summed E-state index contributed by atoms with van der Waals surface area (Å²) in [5.41, 5.74) is 1.74. The Kier molecular flexibility index (Phi) is 12.1. The van der Waals surface area contributed by atoms with E-state index in [0.29, 0.717) is 59.4 Å². The van der Waals surface area contributed by atoms with Crippen LogP contribution in [0.5, 0.6) is 34.5 Å². The van der Waals surface area contributed by atoms with Gasteiger partial charge in [-0.1, -0.05) is 24.3 Å². The molecule has 264 valence electrons. The highest BCUT2D eigenvalue weighted by molar-refractivity contribution is 5.97. The van der Waals surface area contributed by atoms with E-state index in [9.17, 15) is 9.59 Å². The number of ether oxygens (including phenoxy) is 6. The number of fused-ring (bicyclic) bond motifs is 2. The third-order valence-corrected chi connectivity index (χ3v) is 9.28. The lowest BCUT2D eigenvalue weighted by atomic mass is 9.82. The number of benzene rings is 4. The molecule has 10 heteroatoms. The second-order valence-corrected chi connectivity index (χ2v) is 12.3. The fourth-order valence-electron chi connectivity index (χ4n) is 6.57. The van der Waals surface area contributed by atoms with E-state index in [1.54, 1.807) is 67.0 Å². The maximum Gasteiger partial charge on any atom is 0.244 e. The van der Waals surface area contributed by atoms with E-state index >= 15 is 0 Å². The van der Waals surface area contributed by atoms with Crippen molar-refractivity contribution < 1.29 is 38.0 Å². The second-order valence-electron chi connectivity index (χ2n) is 12.3. The lowest BCUT2D eigenvalue weighted by Gasteiger charge is -2.28. The Morgan fingerprint density at radius 3 is 1.28 bits per heavy atom. The van der Waals surface area contributed by atoms with Gasteiger partial charge < -0.3 is 39.1 Å². The van der Waals surface area contributed by atoms with Gasteiger partial charge in [-0.2, -0.15) is 0 Å². The van der Waals surface area contributed by atoms with Crippen molar-refractivity contribution in [3.63, 3.8) is 0 Å². The maximum atomic E-state index is 12.7. The van der Waals surface area contributed by atoms with Crippen LogP contribution in [0.1, 0.15) is 36.8 Å². The Morgan fingerprint density at radius 2 is 0.940 bits per heavy atom. The van der Waals surface area contributed by atoms with E-state index in [-0.39, 0.29) is 11.8 Å². The Labute approximate surface area is 293 Å². The van der Waals surface area contributed by atoms with Gasteiger partial charge in [-0.05, 0) is 95.8 Å². The first-order chi connectivity index (χ1) is 24.3. The smallest absolute Gasteiger partial charge is 0.244 e. The largest absolute Gasteiger partial charge is 0.493 e. The van der Waals surface area contributed by atoms with Crippen molar-refractivity contribution in [2.45, 2.75) is 25.7 Å². The molecule has 2 N–H and O–H groups in total. The first-order valence-electron chi connectivity index (χ1n) is 16.7. The summed E-state index contributed by atoms with van der Waals surface area (Å²) >= 11 is 0. The molecule has 0 aliphatic heterocycles. The van der Waals surface area contributed by atoms with Gasteiger partial charge >= 0.3 is 0 Å². The van der Waals surface area contributed by atoms with Gasteiger partial charge in [0.15, 0.2) is 23.0 Å². The Bertz CT molecular complexity index is 1760. The summed E-state index contributed by atoms with van der Waals surface area (Å²) < 4.78 is 33.2. The fraction of sp³-hybridized carbons (Fsp3) is 0.350. The number of hydrogen-bond donors (Lipinski definition) is 2. The summed E-state index contributed by atoms with van der Waals surface area (Å²) in [4.78, 5) is 25.3. The number of carbonyl (C=O) groups is 2. The molecule has 1 saturated carbocycles. The van der Waals surface area contributed by atoms with Crippen molar-refractivity contribution >= 4 is 45.5 Å². The van der Waals surface area contributed by atoms with E-state index in [1.807, 2.05) is 48.5 Å². The van der Waals surface area contributed by atoms with E-state index in [0.717, 1.165) is 58.4 Å². The van der Waals surface area contributed by atoms with Crippen molar-refractivity contribution in [2.75, 3.05) is 55.7 Å². The van der Waals surface area contributed by atoms with Crippen LogP contribution < -0.4 is 39.1 Å². The average Bonchev–Trinajstić information content (AvgIpc) is 3.15. The van der Waals surface area contributed by atoms with Gasteiger partial charge in [0.05, 0.1) is 42.7 Å². The SMILES string of the molecule is COc1cc2ccc(/C=C/C(=O)NCC3CCC(CNC(=O)/C=C/c4ccc5cc(OC)c(OC)c(OC)c5c4)CC3)cc2c(OC)c1OC. The molecule has 0 bridgehead atoms. The first kappa shape index (κ1) is 35.9. The monoisotopic (exact) mass is 682 g/mol. The first-order valence-corrected chi connectivity index (χ1v) is 16.7. The topological polar surface area (TPSA) is 114 Å². The summed E-state index contributed by atoms with van der Waals surface area (Å²) in [6.07, 6.45) is 10.7. The van der Waals surface area contributed by atoms with Crippen LogP contribution in [0.4, 0.5) is 0 Å². The number of amides is 2. The molecule has 4 aromatic rings. The molecular weight excluding hydrogens is 636 g/mol. The van der Waals surface area contributed by atoms with Crippen LogP contribution in [0.15, 0.2) is 60.7 Å². The molecule has 50 heavy (non-hydrogen) atoms. The predicted molar refractivity (Wildman–Crippen MR) is 197 cm³/mol. The van der Waals surface area contributed by atoms with Gasteiger partial charge in [0.2, 0.25) is 23.3 Å². The zero-order chi connectivity index (χ0) is 35.6. The van der Waals surface area contributed by atoms with Crippen LogP contribution in [-0.4, -0.2) is 67.6 Å². The van der Waals surface area contributed by atoms with Gasteiger partial charge in [-0.15, -0.1) is 0 Å². The molecule has 1 fully saturated rings. The third kappa shape index (κ3) is 8.25. The van der Waals surface area contributed by atoms with Gasteiger partial charge in [0.25, 0.3) is 0 Å². The molecule has 1 aliphatic carbocycles. The summed E-state index contributed by atoms with van der Waals surface area (Å²) in [5.74, 6) is 3.97. The molecule has 0 heterocycles. The highest BCUT2D eigenvalue weighted by atomic mass is 16.5. The molecule has 0 saturated heterocycles. The molecule has 10 nitrogen and oxygen atoms in total. The standard InChI is InChI=1S/C40H46N2O8/c1-45-33-21-29-15-11-25(19-31(29)37(47-3)39(33)49-5)13-17-35(43)41-23-27-7-9-28(10-8-27)24-42-36(44)18-14-26-12-16-30-22-34(46-2)40(50-6)38(48-4)32(30)20-26/h11-22,27-28H,7-10,23-24H2,1-6H3,(H,41,43)(H,42,44)/b17-13+,18-14+. The lowest BCUT2D eigenvalue weighted by molar-refractivity contribution is -0.117. The number of hydrogen-bond acceptors (Lipinski definition) is 8. The molecule has 0 unspecified atom stereocenters. The van der Waals surface area contributed by atoms with Crippen molar-refractivity contribution in [3.8, 4) is 34.5 Å². The molecule has 0 radical (unpaired) electrons. The van der Waals surface area contributed by atoms with Crippen molar-refractivity contribution in [1.82, 2.24) is 10.6 Å². The van der Waals surface area contributed by atoms with E-state index in [2.05, 4.69) is 10.6 Å². The summed E-state index contributed by atoms with van der Waals surface area (Å²) in [7, 11) is 9.52. The zero-order valence-electron chi connectivity index (χ0n) is 29.6. The van der Waals surface area contributed by atoms with Crippen molar-refractivity contribution in [2.24, 2.45) is 11.8 Å². The molecule has 0 atom stereocenters. The van der Waals surface area contributed by atoms with Crippen molar-refractivity contribution in [1.29, 1.82) is 0 Å². The number of methoxy groups -OCH3 is 6. The van der Waals surface area contributed by atoms with Crippen LogP contribution in [0.25, 0.3) is 33.7 Å². The minimum Gasteiger partial charge on any atom is -0.493 e. The van der Waals surface area contributed by atoms with E-state index in [1.165, 1.54) is 0 Å². The van der Waals surface area contributed by atoms with Gasteiger partial charge in [-0.3, -0.25) is 9.59 Å². The van der Waals surface area contributed by atoms with Crippen LogP contribution >= 0.6 is 0 Å². The van der Waals surface area contributed by atoms with E-state index in [4.69, 9.17) is 28.4 Å². The Morgan fingerprint density at radius 1 is 0.560 bits per heavy atom. The van der Waals surface area contributed by atoms with Gasteiger partial charge in [0, 0.05) is 36.0 Å². The summed E-state index contributed by atoms with van der Waals surface area (Å²) in [5, 5.41) is 9.73. The fourth-order valence-corrected chi connectivity index (χ4v) is 6.57. The minimum absolute atomic E-state index is 0.130. The summed E-state index contributed by atoms with van der Waals surface area (Å²) in [6.45, 7) is 1.26. The molecule has 2 amide bonds. The minimum atomic E-state index is -0.130. The predicted octanol–water partition coefficient (Wildman–Crippen LogP) is 6.81. The lowest BCUT2D eigenvalue weighted by Crippen LogP contribution is -2.33. The maximum absolute atomic E-state index is 12.7. The molecule has 4 aromatic carbocycles. The number of nitrogens with one attached hydrogen (secondary N) is 2. The molecular formula is C40H46N2O8. The van der Waals surface area contributed by atoms with Crippen LogP contribution in [0, 0.1) is 11.8 Å². The zero-order valence-corrected chi connectivity index (χ0v) is 29.6. The van der Waals surface area contributed by atoms with Gasteiger partial charge in [0.1, 0.15) is 0 Å². The normalized spacial score (nSPS) is 16.0. The molecule has 0 spiro atoms. The number of rotatable bonds is 14. The Hall–Kier alpha value is -5.38. The van der Waals surface area contributed by atoms with E-state index < -0.39 is 0 Å². The average molecular weight is 683 g/mol. The van der Waals surface area contributed by atoms with Crippen LogP contribution in [0.3, 0.4) is 0 Å².